The average molecular weight is 287 g/mol. The number of benzene rings is 1. The van der Waals surface area contributed by atoms with Crippen molar-refractivity contribution in [3.8, 4) is 0 Å². The summed E-state index contributed by atoms with van der Waals surface area (Å²) in [5.41, 5.74) is 0.780. The number of thiophene rings is 1. The third-order valence-electron chi connectivity index (χ3n) is 1.99. The van der Waals surface area contributed by atoms with Crippen LogP contribution in [0.4, 0.5) is 0 Å². The molecular weight excluding hydrogens is 280 g/mol. The molecule has 14 heavy (non-hydrogen) atoms. The van der Waals surface area contributed by atoms with Gasteiger partial charge in [-0.1, -0.05) is 0 Å². The average Bonchev–Trinajstić information content (AvgIpc) is 2.59. The predicted octanol–water partition coefficient (Wildman–Crippen LogP) is 4.20. The summed E-state index contributed by atoms with van der Waals surface area (Å²) in [6.45, 7) is 0. The van der Waals surface area contributed by atoms with E-state index in [9.17, 15) is 4.79 Å². The fourth-order valence-electron chi connectivity index (χ4n) is 1.31. The number of aldehydes is 1. The molecule has 2 rings (SSSR count). The molecule has 4 heteroatoms. The van der Waals surface area contributed by atoms with Gasteiger partial charge in [-0.05, 0) is 34.3 Å². The minimum Gasteiger partial charge on any atom is -0.298 e. The van der Waals surface area contributed by atoms with Gasteiger partial charge in [0.2, 0.25) is 0 Å². The quantitative estimate of drug-likeness (QED) is 0.608. The highest BCUT2D eigenvalue weighted by Crippen LogP contribution is 2.35. The van der Waals surface area contributed by atoms with Crippen molar-refractivity contribution in [2.75, 3.05) is 6.26 Å². The van der Waals surface area contributed by atoms with Gasteiger partial charge in [0, 0.05) is 30.4 Å². The molecule has 0 fully saturated rings. The third kappa shape index (κ3) is 1.62. The van der Waals surface area contributed by atoms with Crippen LogP contribution in [0, 0.1) is 0 Å². The Morgan fingerprint density at radius 3 is 2.93 bits per heavy atom. The Bertz CT molecular complexity index is 490. The van der Waals surface area contributed by atoms with Crippen molar-refractivity contribution in [1.29, 1.82) is 0 Å². The molecule has 1 nitrogen and oxygen atoms in total. The van der Waals surface area contributed by atoms with Crippen LogP contribution in [0.15, 0.2) is 26.9 Å². The van der Waals surface area contributed by atoms with Gasteiger partial charge in [-0.15, -0.1) is 23.1 Å². The molecule has 0 aliphatic carbocycles. The molecule has 0 unspecified atom stereocenters. The van der Waals surface area contributed by atoms with Gasteiger partial charge in [0.05, 0.1) is 0 Å². The first-order valence-corrected chi connectivity index (χ1v) is 6.86. The Kier molecular flexibility index (Phi) is 2.95. The van der Waals surface area contributed by atoms with E-state index in [0.29, 0.717) is 0 Å². The number of halogens is 1. The van der Waals surface area contributed by atoms with Crippen molar-refractivity contribution in [2.24, 2.45) is 0 Å². The molecule has 0 aliphatic rings. The Morgan fingerprint density at radius 2 is 2.29 bits per heavy atom. The first kappa shape index (κ1) is 10.2. The van der Waals surface area contributed by atoms with Crippen LogP contribution < -0.4 is 0 Å². The molecule has 0 radical (unpaired) electrons. The molecule has 1 aromatic carbocycles. The summed E-state index contributed by atoms with van der Waals surface area (Å²) in [6, 6.07) is 4.04. The van der Waals surface area contributed by atoms with E-state index in [0.717, 1.165) is 31.3 Å². The molecule has 1 heterocycles. The maximum absolute atomic E-state index is 10.9. The highest BCUT2D eigenvalue weighted by atomic mass is 79.9. The number of thioether (sulfide) groups is 1. The van der Waals surface area contributed by atoms with Gasteiger partial charge in [0.15, 0.2) is 6.29 Å². The van der Waals surface area contributed by atoms with Gasteiger partial charge in [0.25, 0.3) is 0 Å². The summed E-state index contributed by atoms with van der Waals surface area (Å²) in [4.78, 5) is 12.0. The van der Waals surface area contributed by atoms with Gasteiger partial charge in [0.1, 0.15) is 0 Å². The summed E-state index contributed by atoms with van der Waals surface area (Å²) in [5.74, 6) is 0. The predicted molar refractivity (Wildman–Crippen MR) is 66.7 cm³/mol. The van der Waals surface area contributed by atoms with Crippen molar-refractivity contribution in [2.45, 2.75) is 4.90 Å². The van der Waals surface area contributed by atoms with Gasteiger partial charge in [-0.25, -0.2) is 0 Å². The van der Waals surface area contributed by atoms with E-state index in [1.54, 1.807) is 23.1 Å². The second-order valence-corrected chi connectivity index (χ2v) is 5.41. The zero-order valence-electron chi connectivity index (χ0n) is 7.41. The van der Waals surface area contributed by atoms with Crippen LogP contribution in [0.1, 0.15) is 10.4 Å². The molecule has 0 saturated carbocycles. The normalized spacial score (nSPS) is 10.7. The van der Waals surface area contributed by atoms with E-state index in [-0.39, 0.29) is 0 Å². The fourth-order valence-corrected chi connectivity index (χ4v) is 3.40. The molecule has 2 aromatic rings. The molecule has 72 valence electrons. The molecule has 0 N–H and O–H groups in total. The SMILES string of the molecule is CSc1cc(C=O)c2scc(Br)c2c1. The third-order valence-corrected chi connectivity index (χ3v) is 4.70. The molecule has 0 saturated heterocycles. The van der Waals surface area contributed by atoms with Crippen LogP contribution in [0.25, 0.3) is 10.1 Å². The monoisotopic (exact) mass is 286 g/mol. The standard InChI is InChI=1S/C10H7BrOS2/c1-13-7-2-6(4-12)10-8(3-7)9(11)5-14-10/h2-5H,1H3. The second kappa shape index (κ2) is 4.04. The lowest BCUT2D eigenvalue weighted by atomic mass is 10.2. The molecular formula is C10H7BrOS2. The summed E-state index contributed by atoms with van der Waals surface area (Å²) in [5, 5.41) is 3.14. The van der Waals surface area contributed by atoms with Crippen molar-refractivity contribution in [1.82, 2.24) is 0 Å². The van der Waals surface area contributed by atoms with Crippen molar-refractivity contribution < 1.29 is 4.79 Å². The zero-order valence-corrected chi connectivity index (χ0v) is 10.6. The van der Waals surface area contributed by atoms with Crippen LogP contribution in [-0.2, 0) is 0 Å². The van der Waals surface area contributed by atoms with E-state index in [4.69, 9.17) is 0 Å². The molecule has 1 aromatic heterocycles. The Hall–Kier alpha value is -0.320. The van der Waals surface area contributed by atoms with Crippen LogP contribution in [-0.4, -0.2) is 12.5 Å². The molecule has 0 atom stereocenters. The maximum Gasteiger partial charge on any atom is 0.151 e. The topological polar surface area (TPSA) is 17.1 Å². The summed E-state index contributed by atoms with van der Waals surface area (Å²) >= 11 is 6.73. The first-order valence-electron chi connectivity index (χ1n) is 3.96. The van der Waals surface area contributed by atoms with Crippen LogP contribution in [0.3, 0.4) is 0 Å². The van der Waals surface area contributed by atoms with Crippen LogP contribution in [0.5, 0.6) is 0 Å². The minimum atomic E-state index is 0.780. The Balaban J connectivity index is 2.82. The Labute approximate surface area is 98.6 Å². The number of fused-ring (bicyclic) bond motifs is 1. The van der Waals surface area contributed by atoms with Gasteiger partial charge in [-0.2, -0.15) is 0 Å². The highest BCUT2D eigenvalue weighted by molar-refractivity contribution is 9.10. The fraction of sp³-hybridized carbons (Fsp3) is 0.100. The van der Waals surface area contributed by atoms with Crippen LogP contribution >= 0.6 is 39.0 Å². The van der Waals surface area contributed by atoms with E-state index >= 15 is 0 Å². The molecule has 0 amide bonds. The number of carbonyl (C=O) groups is 1. The van der Waals surface area contributed by atoms with E-state index < -0.39 is 0 Å². The lowest BCUT2D eigenvalue weighted by molar-refractivity contribution is 0.112. The Morgan fingerprint density at radius 1 is 1.50 bits per heavy atom. The van der Waals surface area contributed by atoms with E-state index in [1.165, 1.54) is 0 Å². The largest absolute Gasteiger partial charge is 0.298 e. The smallest absolute Gasteiger partial charge is 0.151 e. The summed E-state index contributed by atoms with van der Waals surface area (Å²) in [7, 11) is 0. The lowest BCUT2D eigenvalue weighted by Gasteiger charge is -2.00. The summed E-state index contributed by atoms with van der Waals surface area (Å²) in [6.07, 6.45) is 2.93. The van der Waals surface area contributed by atoms with Gasteiger partial charge < -0.3 is 0 Å². The molecule has 0 spiro atoms. The second-order valence-electron chi connectivity index (χ2n) is 2.79. The molecule has 0 aliphatic heterocycles. The number of hydrogen-bond donors (Lipinski definition) is 0. The number of carbonyl (C=O) groups excluding carboxylic acids is 1. The van der Waals surface area contributed by atoms with Crippen molar-refractivity contribution >= 4 is 55.4 Å². The highest BCUT2D eigenvalue weighted by Gasteiger charge is 2.07. The maximum atomic E-state index is 10.9. The molecule has 0 bridgehead atoms. The zero-order chi connectivity index (χ0) is 10.1. The van der Waals surface area contributed by atoms with Gasteiger partial charge >= 0.3 is 0 Å². The van der Waals surface area contributed by atoms with E-state index in [1.807, 2.05) is 17.7 Å². The number of hydrogen-bond acceptors (Lipinski definition) is 3. The van der Waals surface area contributed by atoms with Crippen LogP contribution in [0.2, 0.25) is 0 Å². The minimum absolute atomic E-state index is 0.780. The van der Waals surface area contributed by atoms with E-state index in [2.05, 4.69) is 22.0 Å². The van der Waals surface area contributed by atoms with Gasteiger partial charge in [-0.3, -0.25) is 4.79 Å². The first-order chi connectivity index (χ1) is 6.76. The summed E-state index contributed by atoms with van der Waals surface area (Å²) < 4.78 is 2.13. The van der Waals surface area contributed by atoms with Crippen molar-refractivity contribution in [3.05, 3.63) is 27.5 Å². The lowest BCUT2D eigenvalue weighted by Crippen LogP contribution is -1.81. The van der Waals surface area contributed by atoms with Crippen molar-refractivity contribution in [3.63, 3.8) is 0 Å². The number of rotatable bonds is 2.